The summed E-state index contributed by atoms with van der Waals surface area (Å²) < 4.78 is 4.81. The maximum Gasteiger partial charge on any atom is 0.339 e. The van der Waals surface area contributed by atoms with Crippen molar-refractivity contribution in [3.8, 4) is 0 Å². The highest BCUT2D eigenvalue weighted by Crippen LogP contribution is 2.11. The van der Waals surface area contributed by atoms with E-state index in [2.05, 4.69) is 4.99 Å². The van der Waals surface area contributed by atoms with Crippen LogP contribution in [0, 0.1) is 0 Å². The number of rotatable bonds is 3. The van der Waals surface area contributed by atoms with E-state index in [4.69, 9.17) is 10.5 Å². The molecule has 1 heterocycles. The summed E-state index contributed by atoms with van der Waals surface area (Å²) >= 11 is 0. The molecule has 1 aliphatic rings. The molecular weight excluding hydrogens is 198 g/mol. The average Bonchev–Trinajstić information content (AvgIpc) is 2.52. The summed E-state index contributed by atoms with van der Waals surface area (Å²) in [5, 5.41) is 0. The molecule has 0 radical (unpaired) electrons. The highest BCUT2D eigenvalue weighted by atomic mass is 16.5. The molecule has 15 heavy (non-hydrogen) atoms. The predicted octanol–water partition coefficient (Wildman–Crippen LogP) is 0.123. The lowest BCUT2D eigenvalue weighted by Crippen LogP contribution is -2.33. The second-order valence-corrected chi connectivity index (χ2v) is 3.20. The van der Waals surface area contributed by atoms with Gasteiger partial charge in [0.1, 0.15) is 12.4 Å². The standard InChI is InChI=1S/C9H15N3O3/c1-2-15-8(13)6-12-5-3-4-7(12)11-9(10)14/h2-6H2,1H3,(H2,10,14). The van der Waals surface area contributed by atoms with E-state index in [9.17, 15) is 9.59 Å². The number of urea groups is 1. The number of nitrogens with zero attached hydrogens (tertiary/aromatic N) is 2. The molecule has 1 aliphatic heterocycles. The number of carbonyl (C=O) groups is 2. The maximum atomic E-state index is 11.2. The normalized spacial score (nSPS) is 18.2. The minimum atomic E-state index is -0.722. The second kappa shape index (κ2) is 5.33. The first kappa shape index (κ1) is 11.5. The summed E-state index contributed by atoms with van der Waals surface area (Å²) in [5.74, 6) is 0.270. The van der Waals surface area contributed by atoms with E-state index >= 15 is 0 Å². The van der Waals surface area contributed by atoms with E-state index in [1.807, 2.05) is 0 Å². The molecule has 1 fully saturated rings. The molecule has 0 unspecified atom stereocenters. The molecule has 0 bridgehead atoms. The van der Waals surface area contributed by atoms with Crippen molar-refractivity contribution in [3.63, 3.8) is 0 Å². The van der Waals surface area contributed by atoms with Crippen LogP contribution in [0.2, 0.25) is 0 Å². The smallest absolute Gasteiger partial charge is 0.339 e. The van der Waals surface area contributed by atoms with E-state index in [0.717, 1.165) is 6.42 Å². The quantitative estimate of drug-likeness (QED) is 0.675. The van der Waals surface area contributed by atoms with E-state index in [-0.39, 0.29) is 12.5 Å². The Labute approximate surface area is 88.1 Å². The minimum absolute atomic E-state index is 0.139. The Bertz CT molecular complexity index is 288. The fourth-order valence-corrected chi connectivity index (χ4v) is 1.50. The fraction of sp³-hybridized carbons (Fsp3) is 0.667. The predicted molar refractivity (Wildman–Crippen MR) is 54.5 cm³/mol. The molecule has 1 saturated heterocycles. The molecule has 0 aromatic heterocycles. The van der Waals surface area contributed by atoms with Gasteiger partial charge in [-0.15, -0.1) is 0 Å². The van der Waals surface area contributed by atoms with Crippen molar-refractivity contribution in [3.05, 3.63) is 0 Å². The van der Waals surface area contributed by atoms with Gasteiger partial charge in [0, 0.05) is 13.0 Å². The Morgan fingerprint density at radius 1 is 1.60 bits per heavy atom. The maximum absolute atomic E-state index is 11.2. The van der Waals surface area contributed by atoms with Gasteiger partial charge in [0.25, 0.3) is 0 Å². The van der Waals surface area contributed by atoms with Gasteiger partial charge >= 0.3 is 12.0 Å². The fourth-order valence-electron chi connectivity index (χ4n) is 1.50. The molecule has 6 nitrogen and oxygen atoms in total. The molecule has 0 atom stereocenters. The van der Waals surface area contributed by atoms with Crippen molar-refractivity contribution >= 4 is 17.8 Å². The van der Waals surface area contributed by atoms with Crippen molar-refractivity contribution in [1.82, 2.24) is 4.90 Å². The number of aliphatic imine (C=N–C) groups is 1. The van der Waals surface area contributed by atoms with Gasteiger partial charge in [-0.1, -0.05) is 0 Å². The molecule has 6 heteroatoms. The van der Waals surface area contributed by atoms with Gasteiger partial charge < -0.3 is 15.4 Å². The van der Waals surface area contributed by atoms with Crippen LogP contribution in [0.4, 0.5) is 4.79 Å². The third kappa shape index (κ3) is 3.57. The third-order valence-corrected chi connectivity index (χ3v) is 2.06. The van der Waals surface area contributed by atoms with Gasteiger partial charge in [0.2, 0.25) is 0 Å². The Morgan fingerprint density at radius 3 is 2.93 bits per heavy atom. The van der Waals surface area contributed by atoms with Gasteiger partial charge in [-0.25, -0.2) is 4.79 Å². The molecule has 1 rings (SSSR count). The van der Waals surface area contributed by atoms with Crippen molar-refractivity contribution in [2.45, 2.75) is 19.8 Å². The highest BCUT2D eigenvalue weighted by molar-refractivity contribution is 5.95. The van der Waals surface area contributed by atoms with Crippen LogP contribution in [0.1, 0.15) is 19.8 Å². The summed E-state index contributed by atoms with van der Waals surface area (Å²) in [4.78, 5) is 27.2. The van der Waals surface area contributed by atoms with Crippen molar-refractivity contribution in [1.29, 1.82) is 0 Å². The van der Waals surface area contributed by atoms with Crippen LogP contribution < -0.4 is 5.73 Å². The summed E-state index contributed by atoms with van der Waals surface area (Å²) in [6.07, 6.45) is 1.56. The SMILES string of the molecule is CCOC(=O)CN1CCCC1=NC(N)=O. The number of hydrogen-bond acceptors (Lipinski definition) is 3. The Kier molecular flexibility index (Phi) is 4.08. The first-order valence-corrected chi connectivity index (χ1v) is 4.91. The lowest BCUT2D eigenvalue weighted by atomic mass is 10.4. The molecule has 2 N–H and O–H groups in total. The molecule has 0 aliphatic carbocycles. The zero-order chi connectivity index (χ0) is 11.3. The lowest BCUT2D eigenvalue weighted by Gasteiger charge is -2.16. The van der Waals surface area contributed by atoms with E-state index in [1.165, 1.54) is 0 Å². The topological polar surface area (TPSA) is 85.0 Å². The Hall–Kier alpha value is -1.59. The number of nitrogens with two attached hydrogens (primary N) is 1. The first-order chi connectivity index (χ1) is 7.13. The van der Waals surface area contributed by atoms with Crippen LogP contribution in [0.15, 0.2) is 4.99 Å². The zero-order valence-electron chi connectivity index (χ0n) is 8.73. The molecule has 0 saturated carbocycles. The van der Waals surface area contributed by atoms with Gasteiger partial charge in [0.05, 0.1) is 6.61 Å². The molecular formula is C9H15N3O3. The Balaban J connectivity index is 2.53. The van der Waals surface area contributed by atoms with Gasteiger partial charge in [-0.3, -0.25) is 4.79 Å². The number of primary amides is 1. The summed E-state index contributed by atoms with van der Waals surface area (Å²) in [6, 6.07) is -0.722. The highest BCUT2D eigenvalue weighted by Gasteiger charge is 2.21. The number of amidine groups is 1. The molecule has 0 spiro atoms. The number of carbonyl (C=O) groups excluding carboxylic acids is 2. The number of esters is 1. The third-order valence-electron chi connectivity index (χ3n) is 2.06. The van der Waals surface area contributed by atoms with Gasteiger partial charge in [-0.2, -0.15) is 4.99 Å². The second-order valence-electron chi connectivity index (χ2n) is 3.20. The lowest BCUT2D eigenvalue weighted by molar-refractivity contribution is -0.143. The monoisotopic (exact) mass is 213 g/mol. The summed E-state index contributed by atoms with van der Waals surface area (Å²) in [6.45, 7) is 2.96. The van der Waals surface area contributed by atoms with Crippen LogP contribution in [0.3, 0.4) is 0 Å². The average molecular weight is 213 g/mol. The largest absolute Gasteiger partial charge is 0.465 e. The molecule has 0 aromatic carbocycles. The van der Waals surface area contributed by atoms with Crippen LogP contribution in [-0.4, -0.2) is 42.4 Å². The number of ether oxygens (including phenoxy) is 1. The van der Waals surface area contributed by atoms with Crippen LogP contribution in [0.25, 0.3) is 0 Å². The van der Waals surface area contributed by atoms with Crippen LogP contribution in [0.5, 0.6) is 0 Å². The minimum Gasteiger partial charge on any atom is -0.465 e. The van der Waals surface area contributed by atoms with Gasteiger partial charge in [0.15, 0.2) is 0 Å². The molecule has 84 valence electrons. The zero-order valence-corrected chi connectivity index (χ0v) is 8.73. The van der Waals surface area contributed by atoms with Crippen molar-refractivity contribution in [2.24, 2.45) is 10.7 Å². The van der Waals surface area contributed by atoms with E-state index in [0.29, 0.717) is 25.4 Å². The Morgan fingerprint density at radius 2 is 2.33 bits per heavy atom. The van der Waals surface area contributed by atoms with E-state index in [1.54, 1.807) is 11.8 Å². The first-order valence-electron chi connectivity index (χ1n) is 4.91. The number of amides is 2. The number of likely N-dealkylation sites (tertiary alicyclic amines) is 1. The van der Waals surface area contributed by atoms with Crippen molar-refractivity contribution in [2.75, 3.05) is 19.7 Å². The van der Waals surface area contributed by atoms with Gasteiger partial charge in [-0.05, 0) is 13.3 Å². The van der Waals surface area contributed by atoms with Crippen LogP contribution in [-0.2, 0) is 9.53 Å². The van der Waals surface area contributed by atoms with Crippen LogP contribution >= 0.6 is 0 Å². The summed E-state index contributed by atoms with van der Waals surface area (Å²) in [5.41, 5.74) is 4.95. The van der Waals surface area contributed by atoms with Crippen molar-refractivity contribution < 1.29 is 14.3 Å². The molecule has 2 amide bonds. The summed E-state index contributed by atoms with van der Waals surface area (Å²) in [7, 11) is 0. The van der Waals surface area contributed by atoms with E-state index < -0.39 is 6.03 Å². The number of hydrogen-bond donors (Lipinski definition) is 1. The molecule has 0 aromatic rings.